The van der Waals surface area contributed by atoms with Gasteiger partial charge in [0.25, 0.3) is 0 Å². The van der Waals surface area contributed by atoms with Crippen LogP contribution >= 0.6 is 0 Å². The molecule has 136 valence electrons. The van der Waals surface area contributed by atoms with Crippen LogP contribution < -0.4 is 5.32 Å². The summed E-state index contributed by atoms with van der Waals surface area (Å²) in [5, 5.41) is 3.89. The van der Waals surface area contributed by atoms with Crippen molar-refractivity contribution in [3.8, 4) is 22.4 Å². The highest BCUT2D eigenvalue weighted by Gasteiger charge is 2.17. The molecule has 1 aromatic carbocycles. The first-order valence-electron chi connectivity index (χ1n) is 8.97. The summed E-state index contributed by atoms with van der Waals surface area (Å²) in [5.74, 6) is 0.366. The quantitative estimate of drug-likeness (QED) is 0.431. The van der Waals surface area contributed by atoms with Gasteiger partial charge in [0.05, 0.1) is 16.7 Å². The van der Waals surface area contributed by atoms with Crippen LogP contribution in [0.25, 0.3) is 44.3 Å². The molecule has 5 rings (SSSR count). The van der Waals surface area contributed by atoms with Crippen LogP contribution in [0.3, 0.4) is 0 Å². The third-order valence-corrected chi connectivity index (χ3v) is 4.75. The van der Waals surface area contributed by atoms with Crippen LogP contribution in [-0.2, 0) is 4.79 Å². The fourth-order valence-corrected chi connectivity index (χ4v) is 3.56. The average Bonchev–Trinajstić information content (AvgIpc) is 3.31. The van der Waals surface area contributed by atoms with E-state index in [2.05, 4.69) is 49.5 Å². The van der Waals surface area contributed by atoms with Crippen LogP contribution in [0.4, 0.5) is 5.82 Å². The molecule has 0 aliphatic rings. The Hall–Kier alpha value is -3.93. The number of fused-ring (bicyclic) bond motifs is 2. The summed E-state index contributed by atoms with van der Waals surface area (Å²) in [5.41, 5.74) is 6.93. The van der Waals surface area contributed by atoms with Crippen molar-refractivity contribution in [2.75, 3.05) is 5.32 Å². The van der Waals surface area contributed by atoms with Crippen LogP contribution in [0.1, 0.15) is 6.92 Å². The third-order valence-electron chi connectivity index (χ3n) is 4.75. The molecule has 0 saturated heterocycles. The Morgan fingerprint density at radius 3 is 2.79 bits per heavy atom. The molecule has 0 saturated carbocycles. The number of amides is 1. The number of hydrogen-bond acceptors (Lipinski definition) is 3. The first-order chi connectivity index (χ1) is 13.7. The summed E-state index contributed by atoms with van der Waals surface area (Å²) >= 11 is 0. The number of carbonyl (C=O) groups excluding carboxylic acids is 1. The Balaban J connectivity index is 1.75. The molecule has 28 heavy (non-hydrogen) atoms. The van der Waals surface area contributed by atoms with Crippen molar-refractivity contribution in [1.82, 2.24) is 19.9 Å². The van der Waals surface area contributed by atoms with Gasteiger partial charge in [0.1, 0.15) is 5.82 Å². The minimum Gasteiger partial charge on any atom is -0.361 e. The summed E-state index contributed by atoms with van der Waals surface area (Å²) < 4.78 is 0. The van der Waals surface area contributed by atoms with Gasteiger partial charge < -0.3 is 15.3 Å². The lowest BCUT2D eigenvalue weighted by Gasteiger charge is -2.08. The topological polar surface area (TPSA) is 86.5 Å². The molecule has 0 aliphatic carbocycles. The van der Waals surface area contributed by atoms with Crippen LogP contribution in [0.5, 0.6) is 0 Å². The summed E-state index contributed by atoms with van der Waals surface area (Å²) in [6.07, 6.45) is 5.43. The monoisotopic (exact) mass is 367 g/mol. The van der Waals surface area contributed by atoms with E-state index >= 15 is 0 Å². The first kappa shape index (κ1) is 16.3. The van der Waals surface area contributed by atoms with Gasteiger partial charge in [-0.3, -0.25) is 9.78 Å². The van der Waals surface area contributed by atoms with Crippen molar-refractivity contribution in [1.29, 1.82) is 0 Å². The highest BCUT2D eigenvalue weighted by atomic mass is 16.1. The van der Waals surface area contributed by atoms with Crippen molar-refractivity contribution in [3.05, 3.63) is 67.1 Å². The molecule has 0 atom stereocenters. The molecule has 0 spiro atoms. The van der Waals surface area contributed by atoms with Crippen molar-refractivity contribution in [2.24, 2.45) is 0 Å². The van der Waals surface area contributed by atoms with E-state index in [1.807, 2.05) is 30.5 Å². The molecule has 4 heterocycles. The Morgan fingerprint density at radius 1 is 0.964 bits per heavy atom. The lowest BCUT2D eigenvalue weighted by Crippen LogP contribution is -2.07. The second-order valence-electron chi connectivity index (χ2n) is 6.67. The van der Waals surface area contributed by atoms with E-state index in [0.29, 0.717) is 5.82 Å². The van der Waals surface area contributed by atoms with Gasteiger partial charge in [0, 0.05) is 42.2 Å². The molecule has 6 heteroatoms. The molecule has 4 aromatic heterocycles. The van der Waals surface area contributed by atoms with E-state index in [9.17, 15) is 4.79 Å². The molecule has 5 aromatic rings. The number of pyridine rings is 2. The molecule has 3 N–H and O–H groups in total. The number of benzene rings is 1. The van der Waals surface area contributed by atoms with Crippen molar-refractivity contribution in [3.63, 3.8) is 0 Å². The zero-order chi connectivity index (χ0) is 19.1. The number of carbonyl (C=O) groups is 1. The van der Waals surface area contributed by atoms with Crippen LogP contribution in [0.15, 0.2) is 67.1 Å². The molecule has 0 fully saturated rings. The summed E-state index contributed by atoms with van der Waals surface area (Å²) in [6.45, 7) is 1.47. The third kappa shape index (κ3) is 2.72. The maximum atomic E-state index is 11.4. The zero-order valence-corrected chi connectivity index (χ0v) is 15.2. The van der Waals surface area contributed by atoms with Gasteiger partial charge in [-0.05, 0) is 53.4 Å². The smallest absolute Gasteiger partial charge is 0.222 e. The molecule has 0 aliphatic heterocycles. The molecule has 6 nitrogen and oxygen atoms in total. The number of hydrogen-bond donors (Lipinski definition) is 3. The number of aromatic nitrogens is 4. The number of nitrogens with one attached hydrogen (secondary N) is 3. The highest BCUT2D eigenvalue weighted by Crippen LogP contribution is 2.38. The Labute approximate surface area is 160 Å². The maximum Gasteiger partial charge on any atom is 0.222 e. The average molecular weight is 367 g/mol. The lowest BCUT2D eigenvalue weighted by molar-refractivity contribution is -0.114. The summed E-state index contributed by atoms with van der Waals surface area (Å²) in [7, 11) is 0. The van der Waals surface area contributed by atoms with E-state index < -0.39 is 0 Å². The SMILES string of the molecule is CC(=O)Nc1cc(-c2[nH]c3cccnc3c2-c2ccc3[nH]ccc3c2)ccn1. The van der Waals surface area contributed by atoms with Crippen LogP contribution in [-0.4, -0.2) is 25.8 Å². The standard InChI is InChI=1S/C22H17N5O/c1-13(28)26-19-12-16(7-10-24-19)21-20(22-18(27-21)3-2-8-25-22)15-4-5-17-14(11-15)6-9-23-17/h2-12,23,27H,1H3,(H,24,26,28). The molecule has 0 unspecified atom stereocenters. The minimum atomic E-state index is -0.152. The Bertz CT molecular complexity index is 1330. The molecular formula is C22H17N5O. The second-order valence-corrected chi connectivity index (χ2v) is 6.67. The van der Waals surface area contributed by atoms with E-state index in [4.69, 9.17) is 0 Å². The molecule has 0 bridgehead atoms. The Kier molecular flexibility index (Phi) is 3.69. The number of H-pyrrole nitrogens is 2. The summed E-state index contributed by atoms with van der Waals surface area (Å²) in [4.78, 5) is 27.0. The highest BCUT2D eigenvalue weighted by molar-refractivity contribution is 6.03. The normalized spacial score (nSPS) is 11.2. The van der Waals surface area contributed by atoms with Crippen LogP contribution in [0.2, 0.25) is 0 Å². The van der Waals surface area contributed by atoms with Gasteiger partial charge >= 0.3 is 0 Å². The van der Waals surface area contributed by atoms with Gasteiger partial charge in [-0.25, -0.2) is 4.98 Å². The summed E-state index contributed by atoms with van der Waals surface area (Å²) in [6, 6.07) is 16.1. The fraction of sp³-hybridized carbons (Fsp3) is 0.0455. The van der Waals surface area contributed by atoms with Crippen molar-refractivity contribution in [2.45, 2.75) is 6.92 Å². The lowest BCUT2D eigenvalue weighted by atomic mass is 9.99. The predicted octanol–water partition coefficient (Wildman–Crippen LogP) is 4.73. The van der Waals surface area contributed by atoms with E-state index in [-0.39, 0.29) is 5.91 Å². The van der Waals surface area contributed by atoms with Gasteiger partial charge in [-0.2, -0.15) is 0 Å². The number of nitrogens with zero attached hydrogens (tertiary/aromatic N) is 2. The molecule has 0 radical (unpaired) electrons. The van der Waals surface area contributed by atoms with E-state index in [1.165, 1.54) is 6.92 Å². The van der Waals surface area contributed by atoms with Gasteiger partial charge in [0.15, 0.2) is 0 Å². The molecular weight excluding hydrogens is 350 g/mol. The van der Waals surface area contributed by atoms with Gasteiger partial charge in [-0.15, -0.1) is 0 Å². The number of rotatable bonds is 3. The van der Waals surface area contributed by atoms with E-state index in [1.54, 1.807) is 12.4 Å². The first-order valence-corrected chi connectivity index (χ1v) is 8.97. The van der Waals surface area contributed by atoms with Crippen molar-refractivity contribution >= 4 is 33.7 Å². The second kappa shape index (κ2) is 6.35. The largest absolute Gasteiger partial charge is 0.361 e. The fourth-order valence-electron chi connectivity index (χ4n) is 3.56. The Morgan fingerprint density at radius 2 is 1.89 bits per heavy atom. The predicted molar refractivity (Wildman–Crippen MR) is 111 cm³/mol. The maximum absolute atomic E-state index is 11.4. The number of aromatic amines is 2. The van der Waals surface area contributed by atoms with Crippen molar-refractivity contribution < 1.29 is 4.79 Å². The minimum absolute atomic E-state index is 0.152. The van der Waals surface area contributed by atoms with E-state index in [0.717, 1.165) is 44.3 Å². The zero-order valence-electron chi connectivity index (χ0n) is 15.2. The van der Waals surface area contributed by atoms with Gasteiger partial charge in [0.2, 0.25) is 5.91 Å². The molecule has 1 amide bonds. The number of anilines is 1. The van der Waals surface area contributed by atoms with Crippen LogP contribution in [0, 0.1) is 0 Å². The van der Waals surface area contributed by atoms with Gasteiger partial charge in [-0.1, -0.05) is 6.07 Å².